The second kappa shape index (κ2) is 6.32. The number of hydrogen-bond donors (Lipinski definition) is 2. The average Bonchev–Trinajstić information content (AvgIpc) is 2.51. The molecule has 0 fully saturated rings. The quantitative estimate of drug-likeness (QED) is 0.879. The van der Waals surface area contributed by atoms with Crippen molar-refractivity contribution < 1.29 is 9.47 Å². The van der Waals surface area contributed by atoms with Gasteiger partial charge < -0.3 is 20.9 Å². The number of rotatable bonds is 5. The van der Waals surface area contributed by atoms with Crippen LogP contribution in [0.15, 0.2) is 30.5 Å². The molecule has 0 radical (unpaired) electrons. The Labute approximate surface area is 143 Å². The van der Waals surface area contributed by atoms with Crippen LogP contribution in [-0.2, 0) is 6.61 Å². The van der Waals surface area contributed by atoms with Crippen molar-refractivity contribution >= 4 is 5.82 Å². The van der Waals surface area contributed by atoms with Crippen LogP contribution >= 0.6 is 0 Å². The second-order valence-electron chi connectivity index (χ2n) is 7.22. The molecule has 1 aliphatic heterocycles. The van der Waals surface area contributed by atoms with Gasteiger partial charge in [-0.15, -0.1) is 0 Å². The van der Waals surface area contributed by atoms with Crippen molar-refractivity contribution in [3.05, 3.63) is 36.0 Å². The van der Waals surface area contributed by atoms with Crippen molar-refractivity contribution in [2.45, 2.75) is 39.3 Å². The molecule has 1 aromatic heterocycles. The van der Waals surface area contributed by atoms with Gasteiger partial charge in [0.25, 0.3) is 0 Å². The van der Waals surface area contributed by atoms with Gasteiger partial charge in [-0.2, -0.15) is 0 Å². The molecule has 128 valence electrons. The van der Waals surface area contributed by atoms with Crippen LogP contribution in [0.5, 0.6) is 11.5 Å². The van der Waals surface area contributed by atoms with Gasteiger partial charge in [0.2, 0.25) is 0 Å². The summed E-state index contributed by atoms with van der Waals surface area (Å²) in [5, 5.41) is 0. The zero-order valence-electron chi connectivity index (χ0n) is 14.5. The van der Waals surface area contributed by atoms with Gasteiger partial charge >= 0.3 is 0 Å². The molecule has 5 heteroatoms. The lowest BCUT2D eigenvalue weighted by Crippen LogP contribution is -2.43. The first-order valence-corrected chi connectivity index (χ1v) is 8.28. The van der Waals surface area contributed by atoms with Crippen LogP contribution in [0.2, 0.25) is 0 Å². The third kappa shape index (κ3) is 3.46. The number of aromatic nitrogens is 1. The molecule has 0 amide bonds. The van der Waals surface area contributed by atoms with E-state index in [4.69, 9.17) is 20.9 Å². The maximum absolute atomic E-state index is 6.31. The number of ether oxygens (including phenoxy) is 2. The maximum atomic E-state index is 6.31. The molecular weight excluding hydrogens is 302 g/mol. The van der Waals surface area contributed by atoms with E-state index in [1.54, 1.807) is 6.20 Å². The summed E-state index contributed by atoms with van der Waals surface area (Å²) in [4.78, 5) is 4.08. The van der Waals surface area contributed by atoms with Crippen LogP contribution in [-0.4, -0.2) is 17.1 Å². The summed E-state index contributed by atoms with van der Waals surface area (Å²) in [5.41, 5.74) is 15.0. The van der Waals surface area contributed by atoms with Gasteiger partial charge in [0, 0.05) is 22.9 Å². The molecule has 24 heavy (non-hydrogen) atoms. The molecule has 0 saturated carbocycles. The minimum Gasteiger partial charge on any atom is -0.492 e. The molecule has 2 aromatic rings. The van der Waals surface area contributed by atoms with Gasteiger partial charge in [0.05, 0.1) is 0 Å². The molecule has 1 atom stereocenters. The largest absolute Gasteiger partial charge is 0.492 e. The van der Waals surface area contributed by atoms with Gasteiger partial charge in [-0.3, -0.25) is 0 Å². The van der Waals surface area contributed by atoms with E-state index in [0.717, 1.165) is 28.9 Å². The SMILES string of the molecule is CC(C)C[C@](C)(N)COc1ccc2c(c1)COc1c-2ccnc1N. The highest BCUT2D eigenvalue weighted by atomic mass is 16.5. The standard InChI is InChI=1S/C19H25N3O2/c1-12(2)9-19(3,21)11-24-14-4-5-15-13(8-14)10-23-17-16(15)6-7-22-18(17)20/h4-8,12H,9-11,21H2,1-3H3,(H2,20,22)/t19-/m0/s1. The van der Waals surface area contributed by atoms with Gasteiger partial charge in [-0.25, -0.2) is 4.98 Å². The van der Waals surface area contributed by atoms with E-state index in [-0.39, 0.29) is 5.54 Å². The monoisotopic (exact) mass is 327 g/mol. The van der Waals surface area contributed by atoms with E-state index < -0.39 is 0 Å². The lowest BCUT2D eigenvalue weighted by Gasteiger charge is -2.27. The van der Waals surface area contributed by atoms with Crippen LogP contribution in [0, 0.1) is 5.92 Å². The molecule has 3 rings (SSSR count). The third-order valence-electron chi connectivity index (χ3n) is 4.11. The predicted molar refractivity (Wildman–Crippen MR) is 96.0 cm³/mol. The van der Waals surface area contributed by atoms with Gasteiger partial charge in [0.1, 0.15) is 19.0 Å². The number of nitrogen functional groups attached to an aromatic ring is 1. The van der Waals surface area contributed by atoms with Crippen LogP contribution in [0.25, 0.3) is 11.1 Å². The van der Waals surface area contributed by atoms with E-state index in [9.17, 15) is 0 Å². The van der Waals surface area contributed by atoms with E-state index in [2.05, 4.69) is 18.8 Å². The number of pyridine rings is 1. The minimum absolute atomic E-state index is 0.340. The Morgan fingerprint density at radius 3 is 2.83 bits per heavy atom. The molecule has 0 bridgehead atoms. The van der Waals surface area contributed by atoms with Crippen LogP contribution in [0.1, 0.15) is 32.8 Å². The van der Waals surface area contributed by atoms with E-state index in [1.807, 2.05) is 31.2 Å². The predicted octanol–water partition coefficient (Wildman–Crippen LogP) is 3.37. The van der Waals surface area contributed by atoms with E-state index in [0.29, 0.717) is 30.7 Å². The zero-order chi connectivity index (χ0) is 17.3. The molecule has 0 unspecified atom stereocenters. The smallest absolute Gasteiger partial charge is 0.169 e. The topological polar surface area (TPSA) is 83.4 Å². The first kappa shape index (κ1) is 16.6. The number of nitrogens with zero attached hydrogens (tertiary/aromatic N) is 1. The fraction of sp³-hybridized carbons (Fsp3) is 0.421. The summed E-state index contributed by atoms with van der Waals surface area (Å²) in [6, 6.07) is 7.95. The summed E-state index contributed by atoms with van der Waals surface area (Å²) >= 11 is 0. The maximum Gasteiger partial charge on any atom is 0.169 e. The molecule has 0 saturated heterocycles. The Kier molecular flexibility index (Phi) is 4.37. The van der Waals surface area contributed by atoms with Crippen molar-refractivity contribution in [2.75, 3.05) is 12.3 Å². The molecule has 2 heterocycles. The highest BCUT2D eigenvalue weighted by Crippen LogP contribution is 2.41. The number of benzene rings is 1. The van der Waals surface area contributed by atoms with Gasteiger partial charge in [-0.1, -0.05) is 19.9 Å². The van der Waals surface area contributed by atoms with Crippen LogP contribution < -0.4 is 20.9 Å². The minimum atomic E-state index is -0.340. The van der Waals surface area contributed by atoms with Crippen molar-refractivity contribution in [2.24, 2.45) is 11.7 Å². The van der Waals surface area contributed by atoms with Crippen molar-refractivity contribution in [3.8, 4) is 22.6 Å². The second-order valence-corrected chi connectivity index (χ2v) is 7.22. The lowest BCUT2D eigenvalue weighted by molar-refractivity contribution is 0.206. The lowest BCUT2D eigenvalue weighted by atomic mass is 9.93. The number of hydrogen-bond acceptors (Lipinski definition) is 5. The average molecular weight is 327 g/mol. The van der Waals surface area contributed by atoms with Crippen LogP contribution in [0.4, 0.5) is 5.82 Å². The van der Waals surface area contributed by atoms with Crippen molar-refractivity contribution in [1.29, 1.82) is 0 Å². The van der Waals surface area contributed by atoms with Gasteiger partial charge in [0.15, 0.2) is 11.6 Å². The molecule has 5 nitrogen and oxygen atoms in total. The summed E-state index contributed by atoms with van der Waals surface area (Å²) in [6.07, 6.45) is 2.61. The molecule has 1 aromatic carbocycles. The fourth-order valence-electron chi connectivity index (χ4n) is 3.26. The highest BCUT2D eigenvalue weighted by Gasteiger charge is 2.23. The summed E-state index contributed by atoms with van der Waals surface area (Å²) in [6.45, 7) is 7.30. The third-order valence-corrected chi connectivity index (χ3v) is 4.11. The van der Waals surface area contributed by atoms with Crippen molar-refractivity contribution in [1.82, 2.24) is 4.98 Å². The number of fused-ring (bicyclic) bond motifs is 3. The first-order chi connectivity index (χ1) is 11.4. The molecule has 4 N–H and O–H groups in total. The Balaban J connectivity index is 1.79. The van der Waals surface area contributed by atoms with E-state index >= 15 is 0 Å². The zero-order valence-corrected chi connectivity index (χ0v) is 14.5. The molecule has 1 aliphatic rings. The summed E-state index contributed by atoms with van der Waals surface area (Å²) in [5.74, 6) is 2.43. The summed E-state index contributed by atoms with van der Waals surface area (Å²) < 4.78 is 11.7. The Hall–Kier alpha value is -2.27. The van der Waals surface area contributed by atoms with Crippen LogP contribution in [0.3, 0.4) is 0 Å². The van der Waals surface area contributed by atoms with Gasteiger partial charge in [-0.05, 0) is 43.0 Å². The molecule has 0 spiro atoms. The fourth-order valence-corrected chi connectivity index (χ4v) is 3.26. The molecular formula is C19H25N3O2. The molecule has 0 aliphatic carbocycles. The Morgan fingerprint density at radius 2 is 2.08 bits per heavy atom. The Bertz CT molecular complexity index is 741. The van der Waals surface area contributed by atoms with Crippen molar-refractivity contribution in [3.63, 3.8) is 0 Å². The normalized spacial score (nSPS) is 15.2. The number of anilines is 1. The Morgan fingerprint density at radius 1 is 1.29 bits per heavy atom. The summed E-state index contributed by atoms with van der Waals surface area (Å²) in [7, 11) is 0. The van der Waals surface area contributed by atoms with E-state index in [1.165, 1.54) is 0 Å². The highest BCUT2D eigenvalue weighted by molar-refractivity contribution is 5.79. The number of nitrogens with two attached hydrogens (primary N) is 2. The first-order valence-electron chi connectivity index (χ1n) is 8.28.